The number of fused-ring (bicyclic) bond motifs is 2. The summed E-state index contributed by atoms with van der Waals surface area (Å²) in [5, 5.41) is 0. The SMILES string of the molecule is CC1CC2(CCN1C(=O)OC(C)(C)C)OCCc1c2sc(C(F)(F)F)c1C=O. The Morgan fingerprint density at radius 3 is 2.57 bits per heavy atom. The second-order valence-electron chi connectivity index (χ2n) is 8.34. The van der Waals surface area contributed by atoms with Crippen LogP contribution < -0.4 is 0 Å². The largest absolute Gasteiger partial charge is 0.444 e. The maximum atomic E-state index is 13.4. The fraction of sp³-hybridized carbons (Fsp3) is 0.684. The summed E-state index contributed by atoms with van der Waals surface area (Å²) < 4.78 is 51.7. The highest BCUT2D eigenvalue weighted by Crippen LogP contribution is 2.51. The van der Waals surface area contributed by atoms with Crippen LogP contribution >= 0.6 is 11.3 Å². The van der Waals surface area contributed by atoms with Crippen molar-refractivity contribution in [1.29, 1.82) is 0 Å². The Morgan fingerprint density at radius 1 is 1.36 bits per heavy atom. The zero-order valence-corrected chi connectivity index (χ0v) is 17.1. The first-order chi connectivity index (χ1) is 12.9. The van der Waals surface area contributed by atoms with Gasteiger partial charge < -0.3 is 14.4 Å². The van der Waals surface area contributed by atoms with Gasteiger partial charge in [0.05, 0.1) is 6.61 Å². The average molecular weight is 419 g/mol. The molecule has 2 atom stereocenters. The Labute approximate surface area is 165 Å². The quantitative estimate of drug-likeness (QED) is 0.616. The molecule has 3 rings (SSSR count). The van der Waals surface area contributed by atoms with Crippen molar-refractivity contribution in [3.63, 3.8) is 0 Å². The molecule has 2 unspecified atom stereocenters. The first-order valence-electron chi connectivity index (χ1n) is 9.20. The van der Waals surface area contributed by atoms with E-state index in [9.17, 15) is 22.8 Å². The van der Waals surface area contributed by atoms with E-state index in [-0.39, 0.29) is 24.6 Å². The Kier molecular flexibility index (Phi) is 5.29. The summed E-state index contributed by atoms with van der Waals surface area (Å²) in [5.74, 6) is 0. The summed E-state index contributed by atoms with van der Waals surface area (Å²) in [6.07, 6.45) is -3.73. The Morgan fingerprint density at radius 2 is 2.04 bits per heavy atom. The summed E-state index contributed by atoms with van der Waals surface area (Å²) in [4.78, 5) is 25.1. The van der Waals surface area contributed by atoms with Gasteiger partial charge in [-0.05, 0) is 46.1 Å². The number of alkyl halides is 3. The van der Waals surface area contributed by atoms with Gasteiger partial charge in [0, 0.05) is 29.4 Å². The van der Waals surface area contributed by atoms with Crippen LogP contribution in [-0.4, -0.2) is 42.1 Å². The minimum absolute atomic E-state index is 0.251. The lowest BCUT2D eigenvalue weighted by Crippen LogP contribution is -2.53. The van der Waals surface area contributed by atoms with E-state index in [0.29, 0.717) is 47.4 Å². The number of ether oxygens (including phenoxy) is 2. The Balaban J connectivity index is 1.92. The smallest absolute Gasteiger partial charge is 0.426 e. The van der Waals surface area contributed by atoms with E-state index in [4.69, 9.17) is 9.47 Å². The first kappa shape index (κ1) is 21.1. The lowest BCUT2D eigenvalue weighted by molar-refractivity contribution is -0.134. The van der Waals surface area contributed by atoms with Gasteiger partial charge in [-0.15, -0.1) is 11.3 Å². The molecule has 2 aliphatic heterocycles. The van der Waals surface area contributed by atoms with E-state index < -0.39 is 28.3 Å². The van der Waals surface area contributed by atoms with E-state index in [0.717, 1.165) is 0 Å². The number of carbonyl (C=O) groups excluding carboxylic acids is 2. The second-order valence-corrected chi connectivity index (χ2v) is 9.36. The average Bonchev–Trinajstić information content (AvgIpc) is 2.93. The van der Waals surface area contributed by atoms with Crippen LogP contribution in [0, 0.1) is 0 Å². The number of aldehydes is 1. The minimum atomic E-state index is -4.58. The number of halogens is 3. The third-order valence-corrected chi connectivity index (χ3v) is 6.59. The molecule has 1 aromatic heterocycles. The first-order valence-corrected chi connectivity index (χ1v) is 10.0. The van der Waals surface area contributed by atoms with Gasteiger partial charge in [0.2, 0.25) is 0 Å². The normalized spacial score (nSPS) is 25.5. The molecule has 0 aromatic carbocycles. The number of carbonyl (C=O) groups is 2. The van der Waals surface area contributed by atoms with Gasteiger partial charge in [0.25, 0.3) is 0 Å². The zero-order chi connectivity index (χ0) is 20.9. The summed E-state index contributed by atoms with van der Waals surface area (Å²) in [5.41, 5.74) is -1.36. The number of hydrogen-bond acceptors (Lipinski definition) is 5. The molecule has 1 saturated heterocycles. The van der Waals surface area contributed by atoms with Crippen molar-refractivity contribution in [2.45, 2.75) is 70.4 Å². The molecule has 1 amide bonds. The summed E-state index contributed by atoms with van der Waals surface area (Å²) in [7, 11) is 0. The fourth-order valence-corrected chi connectivity index (χ4v) is 5.35. The van der Waals surface area contributed by atoms with E-state index in [1.807, 2.05) is 6.92 Å². The van der Waals surface area contributed by atoms with E-state index in [2.05, 4.69) is 0 Å². The maximum Gasteiger partial charge on any atom is 0.426 e. The highest BCUT2D eigenvalue weighted by atomic mass is 32.1. The van der Waals surface area contributed by atoms with Crippen molar-refractivity contribution in [3.8, 4) is 0 Å². The molecule has 28 heavy (non-hydrogen) atoms. The van der Waals surface area contributed by atoms with Crippen LogP contribution in [0.25, 0.3) is 0 Å². The number of piperidine rings is 1. The molecule has 1 fully saturated rings. The van der Waals surface area contributed by atoms with Crippen molar-refractivity contribution >= 4 is 23.7 Å². The van der Waals surface area contributed by atoms with Crippen LogP contribution in [0.1, 0.15) is 66.2 Å². The fourth-order valence-electron chi connectivity index (χ4n) is 3.98. The van der Waals surface area contributed by atoms with Crippen LogP contribution in [0.2, 0.25) is 0 Å². The molecule has 5 nitrogen and oxygen atoms in total. The lowest BCUT2D eigenvalue weighted by atomic mass is 9.81. The number of thiophene rings is 1. The molecule has 0 aliphatic carbocycles. The topological polar surface area (TPSA) is 55.8 Å². The van der Waals surface area contributed by atoms with Crippen LogP contribution in [-0.2, 0) is 27.7 Å². The van der Waals surface area contributed by atoms with Gasteiger partial charge >= 0.3 is 12.3 Å². The van der Waals surface area contributed by atoms with Crippen molar-refractivity contribution in [2.75, 3.05) is 13.2 Å². The van der Waals surface area contributed by atoms with Crippen LogP contribution in [0.4, 0.5) is 18.0 Å². The third kappa shape index (κ3) is 3.78. The number of nitrogens with zero attached hydrogens (tertiary/aromatic N) is 1. The Bertz CT molecular complexity index is 783. The third-order valence-electron chi connectivity index (χ3n) is 5.11. The second kappa shape index (κ2) is 7.02. The van der Waals surface area contributed by atoms with E-state index >= 15 is 0 Å². The van der Waals surface area contributed by atoms with Crippen molar-refractivity contribution in [2.24, 2.45) is 0 Å². The highest BCUT2D eigenvalue weighted by Gasteiger charge is 2.49. The molecule has 156 valence electrons. The van der Waals surface area contributed by atoms with Crippen LogP contribution in [0.5, 0.6) is 0 Å². The van der Waals surface area contributed by atoms with Crippen LogP contribution in [0.3, 0.4) is 0 Å². The molecule has 0 N–H and O–H groups in total. The lowest BCUT2D eigenvalue weighted by Gasteiger charge is -2.47. The molecule has 1 aromatic rings. The van der Waals surface area contributed by atoms with Gasteiger partial charge in [-0.25, -0.2) is 4.79 Å². The highest BCUT2D eigenvalue weighted by molar-refractivity contribution is 7.12. The van der Waals surface area contributed by atoms with E-state index in [1.54, 1.807) is 25.7 Å². The predicted molar refractivity (Wildman–Crippen MR) is 97.7 cm³/mol. The molecule has 1 spiro atoms. The molecule has 2 aliphatic rings. The standard InChI is InChI=1S/C19H24F3NO4S/c1-11-9-18(6-7-23(11)16(25)27-17(2,3)4)14-12(5-8-26-18)13(10-24)15(28-14)19(20,21)22/h10-11H,5-9H2,1-4H3. The number of rotatable bonds is 1. The molecule has 0 radical (unpaired) electrons. The minimum Gasteiger partial charge on any atom is -0.444 e. The summed E-state index contributed by atoms with van der Waals surface area (Å²) in [6.45, 7) is 7.74. The Hall–Kier alpha value is -1.61. The van der Waals surface area contributed by atoms with Gasteiger partial charge in [-0.3, -0.25) is 4.79 Å². The number of likely N-dealkylation sites (tertiary alicyclic amines) is 1. The van der Waals surface area contributed by atoms with Gasteiger partial charge in [-0.2, -0.15) is 13.2 Å². The molecular weight excluding hydrogens is 395 g/mol. The number of amides is 1. The van der Waals surface area contributed by atoms with Crippen LogP contribution in [0.15, 0.2) is 0 Å². The maximum absolute atomic E-state index is 13.4. The monoisotopic (exact) mass is 419 g/mol. The molecule has 0 saturated carbocycles. The molecule has 9 heteroatoms. The van der Waals surface area contributed by atoms with Gasteiger partial charge in [0.15, 0.2) is 6.29 Å². The van der Waals surface area contributed by atoms with Gasteiger partial charge in [0.1, 0.15) is 16.1 Å². The van der Waals surface area contributed by atoms with E-state index in [1.165, 1.54) is 0 Å². The number of hydrogen-bond donors (Lipinski definition) is 0. The van der Waals surface area contributed by atoms with Crippen molar-refractivity contribution in [3.05, 3.63) is 20.9 Å². The zero-order valence-electron chi connectivity index (χ0n) is 16.3. The summed E-state index contributed by atoms with van der Waals surface area (Å²) >= 11 is 0.605. The molecule has 0 bridgehead atoms. The molecule has 3 heterocycles. The summed E-state index contributed by atoms with van der Waals surface area (Å²) in [6, 6.07) is -0.273. The molecular formula is C19H24F3NO4S. The van der Waals surface area contributed by atoms with Crippen molar-refractivity contribution in [1.82, 2.24) is 4.90 Å². The predicted octanol–water partition coefficient (Wildman–Crippen LogP) is 4.77. The van der Waals surface area contributed by atoms with Crippen molar-refractivity contribution < 1.29 is 32.2 Å². The van der Waals surface area contributed by atoms with Gasteiger partial charge in [-0.1, -0.05) is 0 Å².